The highest BCUT2D eigenvalue weighted by molar-refractivity contribution is 5.76. The van der Waals surface area contributed by atoms with E-state index >= 15 is 0 Å². The summed E-state index contributed by atoms with van der Waals surface area (Å²) in [7, 11) is 1.95. The van der Waals surface area contributed by atoms with E-state index in [1.54, 1.807) is 18.5 Å². The Morgan fingerprint density at radius 2 is 2.17 bits per heavy atom. The predicted octanol–water partition coefficient (Wildman–Crippen LogP) is 2.03. The van der Waals surface area contributed by atoms with Crippen LogP contribution in [0.5, 0.6) is 0 Å². The van der Waals surface area contributed by atoms with E-state index in [9.17, 15) is 4.79 Å². The molecule has 0 aliphatic carbocycles. The highest BCUT2D eigenvalue weighted by Crippen LogP contribution is 2.25. The molecular formula is C18H21N5O. The predicted molar refractivity (Wildman–Crippen MR) is 89.0 cm³/mol. The highest BCUT2D eigenvalue weighted by atomic mass is 16.2. The first-order valence-electron chi connectivity index (χ1n) is 8.28. The lowest BCUT2D eigenvalue weighted by Crippen LogP contribution is -2.39. The molecule has 0 bridgehead atoms. The van der Waals surface area contributed by atoms with Crippen molar-refractivity contribution in [3.8, 4) is 6.07 Å². The van der Waals surface area contributed by atoms with Gasteiger partial charge in [0.25, 0.3) is 0 Å². The van der Waals surface area contributed by atoms with E-state index in [-0.39, 0.29) is 11.8 Å². The van der Waals surface area contributed by atoms with Crippen LogP contribution in [0.1, 0.15) is 42.1 Å². The number of aryl methyl sites for hydroxylation is 2. The smallest absolute Gasteiger partial charge is 0.222 e. The topological polar surface area (TPSA) is 74.8 Å². The number of hydrogen-bond donors (Lipinski definition) is 0. The van der Waals surface area contributed by atoms with Crippen LogP contribution in [-0.4, -0.2) is 38.7 Å². The minimum Gasteiger partial charge on any atom is -0.342 e. The molecule has 0 saturated carbocycles. The minimum atomic E-state index is 0.186. The zero-order chi connectivity index (χ0) is 16.9. The third-order valence-corrected chi connectivity index (χ3v) is 4.60. The maximum atomic E-state index is 12.5. The molecule has 1 fully saturated rings. The first kappa shape index (κ1) is 16.2. The molecule has 1 aliphatic rings. The Balaban J connectivity index is 1.56. The highest BCUT2D eigenvalue weighted by Gasteiger charge is 2.27. The molecule has 124 valence electrons. The summed E-state index contributed by atoms with van der Waals surface area (Å²) in [5.74, 6) is 1.41. The summed E-state index contributed by atoms with van der Waals surface area (Å²) in [6.45, 7) is 1.54. The van der Waals surface area contributed by atoms with E-state index in [0.717, 1.165) is 37.3 Å². The number of likely N-dealkylation sites (tertiary alicyclic amines) is 1. The Hall–Kier alpha value is -2.68. The second kappa shape index (κ2) is 7.26. The van der Waals surface area contributed by atoms with Crippen molar-refractivity contribution in [2.75, 3.05) is 13.1 Å². The van der Waals surface area contributed by atoms with Crippen molar-refractivity contribution >= 4 is 5.91 Å². The van der Waals surface area contributed by atoms with E-state index in [4.69, 9.17) is 5.26 Å². The number of nitrogens with zero attached hydrogens (tertiary/aromatic N) is 5. The molecule has 2 heterocycles. The van der Waals surface area contributed by atoms with Crippen molar-refractivity contribution in [3.63, 3.8) is 0 Å². The number of carbonyl (C=O) groups excluding carboxylic acids is 1. The lowest BCUT2D eigenvalue weighted by atomic mass is 9.96. The average molecular weight is 323 g/mol. The van der Waals surface area contributed by atoms with Gasteiger partial charge in [-0.1, -0.05) is 12.1 Å². The number of benzene rings is 1. The van der Waals surface area contributed by atoms with Crippen molar-refractivity contribution < 1.29 is 4.79 Å². The first-order chi connectivity index (χ1) is 11.7. The lowest BCUT2D eigenvalue weighted by Gasteiger charge is -2.32. The van der Waals surface area contributed by atoms with Crippen molar-refractivity contribution in [1.29, 1.82) is 5.26 Å². The second-order valence-corrected chi connectivity index (χ2v) is 6.29. The van der Waals surface area contributed by atoms with Crippen molar-refractivity contribution in [3.05, 3.63) is 47.5 Å². The maximum absolute atomic E-state index is 12.5. The molecule has 0 unspecified atom stereocenters. The van der Waals surface area contributed by atoms with Crippen molar-refractivity contribution in [2.24, 2.45) is 7.05 Å². The van der Waals surface area contributed by atoms with Crippen LogP contribution in [0.25, 0.3) is 0 Å². The normalized spacial score (nSPS) is 17.5. The quantitative estimate of drug-likeness (QED) is 0.863. The molecule has 3 rings (SSSR count). The van der Waals surface area contributed by atoms with Crippen LogP contribution in [0.15, 0.2) is 30.6 Å². The summed E-state index contributed by atoms with van der Waals surface area (Å²) < 4.78 is 1.94. The Labute approximate surface area is 141 Å². The van der Waals surface area contributed by atoms with Gasteiger partial charge < -0.3 is 9.47 Å². The lowest BCUT2D eigenvalue weighted by molar-refractivity contribution is -0.132. The fourth-order valence-corrected chi connectivity index (χ4v) is 3.23. The van der Waals surface area contributed by atoms with Gasteiger partial charge in [0.05, 0.1) is 11.6 Å². The molecule has 1 aliphatic heterocycles. The second-order valence-electron chi connectivity index (χ2n) is 6.29. The number of amides is 1. The third kappa shape index (κ3) is 3.62. The van der Waals surface area contributed by atoms with Gasteiger partial charge in [0.15, 0.2) is 0 Å². The molecule has 0 spiro atoms. The van der Waals surface area contributed by atoms with Gasteiger partial charge in [0, 0.05) is 32.5 Å². The number of nitriles is 1. The van der Waals surface area contributed by atoms with E-state index < -0.39 is 0 Å². The van der Waals surface area contributed by atoms with E-state index in [2.05, 4.69) is 16.3 Å². The SMILES string of the molecule is Cn1cnnc1[C@H]1CCCN(C(=O)CCc2ccc(C#N)cc2)C1. The molecule has 0 radical (unpaired) electrons. The van der Waals surface area contributed by atoms with Crippen molar-refractivity contribution in [2.45, 2.75) is 31.6 Å². The van der Waals surface area contributed by atoms with E-state index in [1.165, 1.54) is 0 Å². The summed E-state index contributed by atoms with van der Waals surface area (Å²) in [6, 6.07) is 9.54. The standard InChI is InChI=1S/C18H21N5O/c1-22-13-20-21-18(22)16-3-2-10-23(12-16)17(24)9-8-14-4-6-15(11-19)7-5-14/h4-7,13,16H,2-3,8-10,12H2,1H3/t16-/m0/s1. The zero-order valence-electron chi connectivity index (χ0n) is 13.9. The molecule has 1 atom stereocenters. The number of hydrogen-bond acceptors (Lipinski definition) is 4. The summed E-state index contributed by atoms with van der Waals surface area (Å²) in [5.41, 5.74) is 1.73. The average Bonchev–Trinajstić information content (AvgIpc) is 3.06. The molecule has 24 heavy (non-hydrogen) atoms. The number of carbonyl (C=O) groups is 1. The molecule has 6 nitrogen and oxygen atoms in total. The summed E-state index contributed by atoms with van der Waals surface area (Å²) in [6.07, 6.45) is 4.96. The molecular weight excluding hydrogens is 302 g/mol. The van der Waals surface area contributed by atoms with Crippen LogP contribution in [0.3, 0.4) is 0 Å². The van der Waals surface area contributed by atoms with Gasteiger partial charge in [-0.25, -0.2) is 0 Å². The van der Waals surface area contributed by atoms with Crippen LogP contribution in [0.2, 0.25) is 0 Å². The van der Waals surface area contributed by atoms with Gasteiger partial charge in [0.2, 0.25) is 5.91 Å². The summed E-state index contributed by atoms with van der Waals surface area (Å²) in [4.78, 5) is 14.5. The van der Waals surface area contributed by atoms with Gasteiger partial charge in [0.1, 0.15) is 12.2 Å². The summed E-state index contributed by atoms with van der Waals surface area (Å²) in [5, 5.41) is 17.0. The number of aromatic nitrogens is 3. The van der Waals surface area contributed by atoms with Crippen LogP contribution in [-0.2, 0) is 18.3 Å². The monoisotopic (exact) mass is 323 g/mol. The van der Waals surface area contributed by atoms with Crippen molar-refractivity contribution in [1.82, 2.24) is 19.7 Å². The van der Waals surface area contributed by atoms with Gasteiger partial charge >= 0.3 is 0 Å². The Morgan fingerprint density at radius 3 is 2.83 bits per heavy atom. The first-order valence-corrected chi connectivity index (χ1v) is 8.28. The Morgan fingerprint density at radius 1 is 1.38 bits per heavy atom. The van der Waals surface area contributed by atoms with Gasteiger partial charge in [-0.05, 0) is 37.0 Å². The molecule has 2 aromatic rings. The fraction of sp³-hybridized carbons (Fsp3) is 0.444. The van der Waals surface area contributed by atoms with E-state index in [0.29, 0.717) is 18.4 Å². The third-order valence-electron chi connectivity index (χ3n) is 4.60. The molecule has 1 amide bonds. The Kier molecular flexibility index (Phi) is 4.90. The van der Waals surface area contributed by atoms with E-state index in [1.807, 2.05) is 28.6 Å². The number of piperidine rings is 1. The zero-order valence-corrected chi connectivity index (χ0v) is 13.9. The molecule has 1 aromatic carbocycles. The molecule has 1 saturated heterocycles. The number of rotatable bonds is 4. The molecule has 1 aromatic heterocycles. The van der Waals surface area contributed by atoms with Crippen LogP contribution >= 0.6 is 0 Å². The largest absolute Gasteiger partial charge is 0.342 e. The van der Waals surface area contributed by atoms with Crippen LogP contribution in [0.4, 0.5) is 0 Å². The van der Waals surface area contributed by atoms with Crippen LogP contribution < -0.4 is 0 Å². The van der Waals surface area contributed by atoms with Gasteiger partial charge in [-0.2, -0.15) is 5.26 Å². The fourth-order valence-electron chi connectivity index (χ4n) is 3.23. The minimum absolute atomic E-state index is 0.186. The molecule has 6 heteroatoms. The van der Waals surface area contributed by atoms with Crippen LogP contribution in [0, 0.1) is 11.3 Å². The Bertz CT molecular complexity index is 744. The molecule has 0 N–H and O–H groups in total. The van der Waals surface area contributed by atoms with Gasteiger partial charge in [-0.3, -0.25) is 4.79 Å². The van der Waals surface area contributed by atoms with Gasteiger partial charge in [-0.15, -0.1) is 10.2 Å². The summed E-state index contributed by atoms with van der Waals surface area (Å²) >= 11 is 0. The maximum Gasteiger partial charge on any atom is 0.222 e.